The summed E-state index contributed by atoms with van der Waals surface area (Å²) in [6.07, 6.45) is 3.93. The van der Waals surface area contributed by atoms with E-state index in [-0.39, 0.29) is 36.2 Å². The molecule has 1 aromatic rings. The van der Waals surface area contributed by atoms with Gasteiger partial charge in [-0.2, -0.15) is 0 Å². The highest BCUT2D eigenvalue weighted by Crippen LogP contribution is 2.38. The zero-order valence-corrected chi connectivity index (χ0v) is 10.9. The Kier molecular flexibility index (Phi) is 5.11. The second-order valence-electron chi connectivity index (χ2n) is 4.55. The van der Waals surface area contributed by atoms with Crippen LogP contribution in [0.3, 0.4) is 0 Å². The van der Waals surface area contributed by atoms with Gasteiger partial charge in [-0.05, 0) is 30.5 Å². The molecule has 1 fully saturated rings. The van der Waals surface area contributed by atoms with E-state index in [1.165, 1.54) is 12.1 Å². The number of amides is 1. The SMILES string of the molecule is Cl.NCC(=O)NC1(c2ccc(F)cc2)CCCC1. The van der Waals surface area contributed by atoms with Gasteiger partial charge in [0.25, 0.3) is 0 Å². The van der Waals surface area contributed by atoms with Crippen molar-refractivity contribution in [2.75, 3.05) is 6.54 Å². The van der Waals surface area contributed by atoms with Gasteiger partial charge in [-0.3, -0.25) is 4.79 Å². The molecule has 3 nitrogen and oxygen atoms in total. The number of carbonyl (C=O) groups is 1. The average molecular weight is 273 g/mol. The normalized spacial score (nSPS) is 17.0. The fraction of sp³-hybridized carbons (Fsp3) is 0.462. The molecule has 3 N–H and O–H groups in total. The molecule has 0 unspecified atom stereocenters. The van der Waals surface area contributed by atoms with Crippen molar-refractivity contribution < 1.29 is 9.18 Å². The Labute approximate surface area is 112 Å². The van der Waals surface area contributed by atoms with Gasteiger partial charge in [-0.1, -0.05) is 25.0 Å². The Morgan fingerprint density at radius 2 is 1.83 bits per heavy atom. The second-order valence-corrected chi connectivity index (χ2v) is 4.55. The molecule has 0 aromatic heterocycles. The van der Waals surface area contributed by atoms with Crippen molar-refractivity contribution in [2.45, 2.75) is 31.2 Å². The lowest BCUT2D eigenvalue weighted by Crippen LogP contribution is -2.46. The van der Waals surface area contributed by atoms with Crippen molar-refractivity contribution in [3.05, 3.63) is 35.6 Å². The van der Waals surface area contributed by atoms with Crippen molar-refractivity contribution in [1.29, 1.82) is 0 Å². The van der Waals surface area contributed by atoms with E-state index in [1.807, 2.05) is 0 Å². The van der Waals surface area contributed by atoms with Crippen molar-refractivity contribution in [1.82, 2.24) is 5.32 Å². The molecule has 2 rings (SSSR count). The molecule has 0 heterocycles. The third kappa shape index (κ3) is 3.00. The van der Waals surface area contributed by atoms with E-state index in [4.69, 9.17) is 5.73 Å². The first kappa shape index (κ1) is 14.9. The molecule has 0 atom stereocenters. The maximum absolute atomic E-state index is 12.9. The van der Waals surface area contributed by atoms with E-state index >= 15 is 0 Å². The molecular formula is C13H18ClFN2O. The summed E-state index contributed by atoms with van der Waals surface area (Å²) in [5, 5.41) is 2.99. The second kappa shape index (κ2) is 6.16. The maximum Gasteiger partial charge on any atom is 0.234 e. The van der Waals surface area contributed by atoms with Crippen LogP contribution in [0.15, 0.2) is 24.3 Å². The van der Waals surface area contributed by atoms with Gasteiger partial charge >= 0.3 is 0 Å². The first-order valence-corrected chi connectivity index (χ1v) is 5.93. The fourth-order valence-corrected chi connectivity index (χ4v) is 2.55. The Balaban J connectivity index is 0.00000162. The highest BCUT2D eigenvalue weighted by atomic mass is 35.5. The summed E-state index contributed by atoms with van der Waals surface area (Å²) < 4.78 is 12.9. The van der Waals surface area contributed by atoms with Gasteiger partial charge in [-0.25, -0.2) is 4.39 Å². The third-order valence-electron chi connectivity index (χ3n) is 3.42. The van der Waals surface area contributed by atoms with Gasteiger partial charge in [0, 0.05) is 0 Å². The molecule has 100 valence electrons. The topological polar surface area (TPSA) is 55.1 Å². The monoisotopic (exact) mass is 272 g/mol. The highest BCUT2D eigenvalue weighted by Gasteiger charge is 2.36. The van der Waals surface area contributed by atoms with Gasteiger partial charge in [0.2, 0.25) is 5.91 Å². The minimum Gasteiger partial charge on any atom is -0.345 e. The zero-order chi connectivity index (χ0) is 12.3. The van der Waals surface area contributed by atoms with E-state index < -0.39 is 0 Å². The predicted molar refractivity (Wildman–Crippen MR) is 71.0 cm³/mol. The number of hydrogen-bond donors (Lipinski definition) is 2. The first-order valence-electron chi connectivity index (χ1n) is 5.93. The van der Waals surface area contributed by atoms with E-state index in [2.05, 4.69) is 5.32 Å². The minimum absolute atomic E-state index is 0. The largest absolute Gasteiger partial charge is 0.345 e. The van der Waals surface area contributed by atoms with E-state index in [0.717, 1.165) is 31.2 Å². The van der Waals surface area contributed by atoms with Crippen LogP contribution in [0.2, 0.25) is 0 Å². The molecule has 0 radical (unpaired) electrons. The number of rotatable bonds is 3. The van der Waals surface area contributed by atoms with Crippen LogP contribution in [0.5, 0.6) is 0 Å². The third-order valence-corrected chi connectivity index (χ3v) is 3.42. The molecular weight excluding hydrogens is 255 g/mol. The van der Waals surface area contributed by atoms with Gasteiger partial charge in [0.1, 0.15) is 5.82 Å². The lowest BCUT2D eigenvalue weighted by Gasteiger charge is -2.31. The number of benzene rings is 1. The van der Waals surface area contributed by atoms with Crippen LogP contribution in [0.25, 0.3) is 0 Å². The standard InChI is InChI=1S/C13H17FN2O.ClH/c14-11-5-3-10(4-6-11)13(7-1-2-8-13)16-12(17)9-15;/h3-6H,1-2,7-9,15H2,(H,16,17);1H. The van der Waals surface area contributed by atoms with Crippen molar-refractivity contribution in [3.8, 4) is 0 Å². The highest BCUT2D eigenvalue weighted by molar-refractivity contribution is 5.85. The van der Waals surface area contributed by atoms with Crippen molar-refractivity contribution in [3.63, 3.8) is 0 Å². The summed E-state index contributed by atoms with van der Waals surface area (Å²) in [6, 6.07) is 6.36. The Morgan fingerprint density at radius 1 is 1.28 bits per heavy atom. The number of nitrogens with one attached hydrogen (secondary N) is 1. The van der Waals surface area contributed by atoms with E-state index in [9.17, 15) is 9.18 Å². The minimum atomic E-state index is -0.343. The first-order chi connectivity index (χ1) is 8.16. The maximum atomic E-state index is 12.9. The molecule has 1 aliphatic rings. The summed E-state index contributed by atoms with van der Waals surface area (Å²) in [6.45, 7) is -0.0110. The van der Waals surface area contributed by atoms with Crippen LogP contribution in [-0.2, 0) is 10.3 Å². The van der Waals surface area contributed by atoms with Crippen LogP contribution < -0.4 is 11.1 Å². The Hall–Kier alpha value is -1.13. The smallest absolute Gasteiger partial charge is 0.234 e. The lowest BCUT2D eigenvalue weighted by molar-refractivity contribution is -0.121. The number of carbonyl (C=O) groups excluding carboxylic acids is 1. The molecule has 0 spiro atoms. The predicted octanol–water partition coefficient (Wildman–Crippen LogP) is 2.09. The van der Waals surface area contributed by atoms with Crippen LogP contribution in [0.1, 0.15) is 31.2 Å². The summed E-state index contributed by atoms with van der Waals surface area (Å²) in [7, 11) is 0. The molecule has 18 heavy (non-hydrogen) atoms. The van der Waals surface area contributed by atoms with E-state index in [1.54, 1.807) is 12.1 Å². The van der Waals surface area contributed by atoms with Gasteiger partial charge < -0.3 is 11.1 Å². The Bertz CT molecular complexity index is 402. The summed E-state index contributed by atoms with van der Waals surface area (Å²) in [4.78, 5) is 11.5. The number of nitrogens with two attached hydrogens (primary N) is 1. The van der Waals surface area contributed by atoms with Gasteiger partial charge in [0.05, 0.1) is 12.1 Å². The van der Waals surface area contributed by atoms with Gasteiger partial charge in [0.15, 0.2) is 0 Å². The average Bonchev–Trinajstić information content (AvgIpc) is 2.79. The molecule has 1 aliphatic carbocycles. The molecule has 1 saturated carbocycles. The molecule has 0 bridgehead atoms. The lowest BCUT2D eigenvalue weighted by atomic mass is 9.88. The molecule has 1 aromatic carbocycles. The fourth-order valence-electron chi connectivity index (χ4n) is 2.55. The summed E-state index contributed by atoms with van der Waals surface area (Å²) in [5.74, 6) is -0.414. The Morgan fingerprint density at radius 3 is 2.33 bits per heavy atom. The van der Waals surface area contributed by atoms with Crippen LogP contribution in [0.4, 0.5) is 4.39 Å². The molecule has 1 amide bonds. The van der Waals surface area contributed by atoms with Crippen LogP contribution in [0, 0.1) is 5.82 Å². The quantitative estimate of drug-likeness (QED) is 0.885. The number of halogens is 2. The molecule has 5 heteroatoms. The summed E-state index contributed by atoms with van der Waals surface area (Å²) in [5.41, 5.74) is 5.97. The van der Waals surface area contributed by atoms with Crippen molar-refractivity contribution >= 4 is 18.3 Å². The van der Waals surface area contributed by atoms with Crippen molar-refractivity contribution in [2.24, 2.45) is 5.73 Å². The van der Waals surface area contributed by atoms with Crippen LogP contribution >= 0.6 is 12.4 Å². The van der Waals surface area contributed by atoms with E-state index in [0.29, 0.717) is 0 Å². The summed E-state index contributed by atoms with van der Waals surface area (Å²) >= 11 is 0. The molecule has 0 saturated heterocycles. The molecule has 0 aliphatic heterocycles. The van der Waals surface area contributed by atoms with Gasteiger partial charge in [-0.15, -0.1) is 12.4 Å². The van der Waals surface area contributed by atoms with Crippen LogP contribution in [-0.4, -0.2) is 12.5 Å². The zero-order valence-electron chi connectivity index (χ0n) is 10.1. The number of hydrogen-bond acceptors (Lipinski definition) is 2.